The van der Waals surface area contributed by atoms with Gasteiger partial charge >= 0.3 is 0 Å². The van der Waals surface area contributed by atoms with Gasteiger partial charge in [-0.2, -0.15) is 0 Å². The topological polar surface area (TPSA) is 41.9 Å². The van der Waals surface area contributed by atoms with Gasteiger partial charge in [-0.25, -0.2) is 4.99 Å². The van der Waals surface area contributed by atoms with Crippen molar-refractivity contribution in [3.8, 4) is 0 Å². The molecule has 0 rings (SSSR count). The normalized spacial score (nSPS) is 14.9. The van der Waals surface area contributed by atoms with Crippen LogP contribution < -0.4 is 0 Å². The monoisotopic (exact) mass is 270 g/mol. The summed E-state index contributed by atoms with van der Waals surface area (Å²) in [5.74, 6) is 0.766. The van der Waals surface area contributed by atoms with Crippen molar-refractivity contribution in [3.05, 3.63) is 0 Å². The molecule has 0 aliphatic rings. The van der Waals surface area contributed by atoms with Crippen LogP contribution in [0.15, 0.2) is 4.99 Å². The number of aliphatic imine (C=N–C) groups is 1. The average molecular weight is 270 g/mol. The van der Waals surface area contributed by atoms with Crippen LogP contribution in [0.3, 0.4) is 0 Å². The van der Waals surface area contributed by atoms with E-state index < -0.39 is 0 Å². The Bertz CT molecular complexity index is 315. The molecule has 0 saturated carbocycles. The third-order valence-electron chi connectivity index (χ3n) is 2.54. The molecule has 4 heteroatoms. The van der Waals surface area contributed by atoms with Crippen LogP contribution in [-0.4, -0.2) is 48.9 Å². The number of hydrogen-bond acceptors (Lipinski definition) is 4. The standard InChI is InChI=1S/C15H30N2O2/c1-11(2)14(18)13(9-10-17(7)8)16-12(3)19-15(4,5)6/h11,13H,9-10H2,1-8H3. The molecule has 0 aliphatic heterocycles. The second-order valence-corrected chi connectivity index (χ2v) is 6.53. The average Bonchev–Trinajstić information content (AvgIpc) is 2.20. The van der Waals surface area contributed by atoms with E-state index in [-0.39, 0.29) is 23.3 Å². The van der Waals surface area contributed by atoms with Crippen molar-refractivity contribution in [3.63, 3.8) is 0 Å². The van der Waals surface area contributed by atoms with Crippen LogP contribution in [0.1, 0.15) is 48.0 Å². The third-order valence-corrected chi connectivity index (χ3v) is 2.54. The number of ether oxygens (including phenoxy) is 1. The number of hydrogen-bond donors (Lipinski definition) is 0. The van der Waals surface area contributed by atoms with E-state index in [4.69, 9.17) is 4.74 Å². The first kappa shape index (κ1) is 18.1. The molecule has 0 aromatic carbocycles. The SMILES string of the molecule is CC(=NC(CCN(C)C)C(=O)C(C)C)OC(C)(C)C. The summed E-state index contributed by atoms with van der Waals surface area (Å²) in [4.78, 5) is 18.7. The Kier molecular flexibility index (Phi) is 7.27. The molecule has 0 bridgehead atoms. The van der Waals surface area contributed by atoms with Crippen LogP contribution in [0.25, 0.3) is 0 Å². The Morgan fingerprint density at radius 1 is 1.26 bits per heavy atom. The van der Waals surface area contributed by atoms with Crippen molar-refractivity contribution in [2.75, 3.05) is 20.6 Å². The molecule has 0 heterocycles. The van der Waals surface area contributed by atoms with Crippen LogP contribution >= 0.6 is 0 Å². The van der Waals surface area contributed by atoms with Gasteiger partial charge in [0.25, 0.3) is 0 Å². The van der Waals surface area contributed by atoms with Crippen LogP contribution in [0.2, 0.25) is 0 Å². The van der Waals surface area contributed by atoms with Gasteiger partial charge in [-0.1, -0.05) is 13.8 Å². The summed E-state index contributed by atoms with van der Waals surface area (Å²) in [6, 6.07) is -0.301. The van der Waals surface area contributed by atoms with Crippen LogP contribution in [-0.2, 0) is 9.53 Å². The molecular formula is C15H30N2O2. The second kappa shape index (κ2) is 7.63. The highest BCUT2D eigenvalue weighted by molar-refractivity contribution is 5.88. The van der Waals surface area contributed by atoms with Gasteiger partial charge in [0.2, 0.25) is 0 Å². The van der Waals surface area contributed by atoms with E-state index >= 15 is 0 Å². The van der Waals surface area contributed by atoms with E-state index in [2.05, 4.69) is 9.89 Å². The van der Waals surface area contributed by atoms with E-state index in [9.17, 15) is 4.79 Å². The largest absolute Gasteiger partial charge is 0.476 e. The molecule has 0 saturated heterocycles. The Labute approximate surface area is 118 Å². The van der Waals surface area contributed by atoms with Crippen molar-refractivity contribution >= 4 is 11.7 Å². The van der Waals surface area contributed by atoms with Gasteiger partial charge in [0.1, 0.15) is 11.6 Å². The number of rotatable bonds is 6. The predicted octanol–water partition coefficient (Wildman–Crippen LogP) is 2.77. The van der Waals surface area contributed by atoms with Gasteiger partial charge in [0, 0.05) is 19.4 Å². The zero-order valence-electron chi connectivity index (χ0n) is 13.8. The highest BCUT2D eigenvalue weighted by Crippen LogP contribution is 2.12. The molecular weight excluding hydrogens is 240 g/mol. The first-order chi connectivity index (χ1) is 8.53. The lowest BCUT2D eigenvalue weighted by Crippen LogP contribution is -2.30. The fraction of sp³-hybridized carbons (Fsp3) is 0.867. The van der Waals surface area contributed by atoms with E-state index in [1.165, 1.54) is 0 Å². The lowest BCUT2D eigenvalue weighted by atomic mass is 9.99. The maximum atomic E-state index is 12.2. The summed E-state index contributed by atoms with van der Waals surface area (Å²) in [6.45, 7) is 12.4. The number of carbonyl (C=O) groups is 1. The van der Waals surface area contributed by atoms with Gasteiger partial charge in [-0.3, -0.25) is 4.79 Å². The molecule has 19 heavy (non-hydrogen) atoms. The minimum Gasteiger partial charge on any atom is -0.476 e. The predicted molar refractivity (Wildman–Crippen MR) is 80.8 cm³/mol. The van der Waals surface area contributed by atoms with Crippen molar-refractivity contribution < 1.29 is 9.53 Å². The molecule has 0 N–H and O–H groups in total. The highest BCUT2D eigenvalue weighted by atomic mass is 16.5. The molecule has 112 valence electrons. The summed E-state index contributed by atoms with van der Waals surface area (Å²) >= 11 is 0. The van der Waals surface area contributed by atoms with E-state index in [1.54, 1.807) is 0 Å². The fourth-order valence-electron chi connectivity index (χ4n) is 1.72. The molecule has 1 unspecified atom stereocenters. The summed E-state index contributed by atoms with van der Waals surface area (Å²) < 4.78 is 5.69. The van der Waals surface area contributed by atoms with Gasteiger partial charge in [0.05, 0.1) is 0 Å². The first-order valence-corrected chi connectivity index (χ1v) is 6.95. The van der Waals surface area contributed by atoms with Crippen molar-refractivity contribution in [1.82, 2.24) is 4.90 Å². The van der Waals surface area contributed by atoms with Gasteiger partial charge in [0.15, 0.2) is 11.7 Å². The number of carbonyl (C=O) groups excluding carboxylic acids is 1. The Morgan fingerprint density at radius 3 is 2.16 bits per heavy atom. The summed E-state index contributed by atoms with van der Waals surface area (Å²) in [5.41, 5.74) is -0.277. The zero-order valence-corrected chi connectivity index (χ0v) is 13.8. The quantitative estimate of drug-likeness (QED) is 0.550. The van der Waals surface area contributed by atoms with Crippen LogP contribution in [0.4, 0.5) is 0 Å². The van der Waals surface area contributed by atoms with E-state index in [1.807, 2.05) is 55.6 Å². The Balaban J connectivity index is 4.83. The van der Waals surface area contributed by atoms with E-state index in [0.29, 0.717) is 5.90 Å². The summed E-state index contributed by atoms with van der Waals surface area (Å²) in [7, 11) is 4.00. The first-order valence-electron chi connectivity index (χ1n) is 6.95. The van der Waals surface area contributed by atoms with Crippen molar-refractivity contribution in [2.45, 2.75) is 59.6 Å². The summed E-state index contributed by atoms with van der Waals surface area (Å²) in [5, 5.41) is 0. The fourth-order valence-corrected chi connectivity index (χ4v) is 1.72. The second-order valence-electron chi connectivity index (χ2n) is 6.53. The lowest BCUT2D eigenvalue weighted by Gasteiger charge is -2.23. The lowest BCUT2D eigenvalue weighted by molar-refractivity contribution is -0.123. The Morgan fingerprint density at radius 2 is 1.79 bits per heavy atom. The molecule has 0 aromatic heterocycles. The third kappa shape index (κ3) is 8.76. The molecule has 0 aliphatic carbocycles. The number of ketones is 1. The zero-order chi connectivity index (χ0) is 15.2. The number of nitrogens with zero attached hydrogens (tertiary/aromatic N) is 2. The minimum absolute atomic E-state index is 0.00153. The van der Waals surface area contributed by atoms with E-state index in [0.717, 1.165) is 13.0 Å². The van der Waals surface area contributed by atoms with Gasteiger partial charge in [-0.05, 0) is 41.3 Å². The minimum atomic E-state index is -0.301. The van der Waals surface area contributed by atoms with Gasteiger partial charge in [-0.15, -0.1) is 0 Å². The smallest absolute Gasteiger partial charge is 0.181 e. The molecule has 0 spiro atoms. The molecule has 0 aromatic rings. The van der Waals surface area contributed by atoms with Gasteiger partial charge < -0.3 is 9.64 Å². The maximum Gasteiger partial charge on any atom is 0.181 e. The van der Waals surface area contributed by atoms with Crippen LogP contribution in [0, 0.1) is 5.92 Å². The maximum absolute atomic E-state index is 12.2. The number of Topliss-reactive ketones (excluding diaryl/α,β-unsaturated/α-hetero) is 1. The van der Waals surface area contributed by atoms with Crippen molar-refractivity contribution in [2.24, 2.45) is 10.9 Å². The Hall–Kier alpha value is -0.900. The molecule has 0 fully saturated rings. The molecule has 1 atom stereocenters. The molecule has 0 radical (unpaired) electrons. The molecule has 4 nitrogen and oxygen atoms in total. The molecule has 0 amide bonds. The van der Waals surface area contributed by atoms with Crippen LogP contribution in [0.5, 0.6) is 0 Å². The highest BCUT2D eigenvalue weighted by Gasteiger charge is 2.22. The van der Waals surface area contributed by atoms with Crippen molar-refractivity contribution in [1.29, 1.82) is 0 Å². The summed E-state index contributed by atoms with van der Waals surface area (Å²) in [6.07, 6.45) is 0.731.